The highest BCUT2D eigenvalue weighted by atomic mass is 32.1. The zero-order valence-electron chi connectivity index (χ0n) is 12.6. The van der Waals surface area contributed by atoms with Crippen molar-refractivity contribution in [2.75, 3.05) is 5.32 Å². The summed E-state index contributed by atoms with van der Waals surface area (Å²) in [4.78, 5) is 0. The number of nitrogens with zero attached hydrogens (tertiary/aromatic N) is 2. The molecule has 1 heterocycles. The van der Waals surface area contributed by atoms with Gasteiger partial charge in [0.1, 0.15) is 10.0 Å². The van der Waals surface area contributed by atoms with Gasteiger partial charge < -0.3 is 5.32 Å². The predicted octanol–water partition coefficient (Wildman–Crippen LogP) is 4.23. The SMILES string of the molecule is CCCc1nnc(CNc2c(CC)cccc2CC)s1. The molecule has 0 aliphatic rings. The van der Waals surface area contributed by atoms with Crippen molar-refractivity contribution >= 4 is 17.0 Å². The fourth-order valence-electron chi connectivity index (χ4n) is 2.31. The van der Waals surface area contributed by atoms with E-state index >= 15 is 0 Å². The third kappa shape index (κ3) is 3.57. The van der Waals surface area contributed by atoms with Crippen molar-refractivity contribution in [1.82, 2.24) is 10.2 Å². The van der Waals surface area contributed by atoms with Crippen LogP contribution in [0.25, 0.3) is 0 Å². The zero-order chi connectivity index (χ0) is 14.4. The Balaban J connectivity index is 2.09. The summed E-state index contributed by atoms with van der Waals surface area (Å²) in [6, 6.07) is 6.54. The van der Waals surface area contributed by atoms with E-state index in [0.717, 1.165) is 42.2 Å². The van der Waals surface area contributed by atoms with E-state index in [4.69, 9.17) is 0 Å². The standard InChI is InChI=1S/C16H23N3S/c1-4-8-14-18-19-15(20-14)11-17-16-12(5-2)9-7-10-13(16)6-3/h7,9-10,17H,4-6,8,11H2,1-3H3. The monoisotopic (exact) mass is 289 g/mol. The molecule has 0 atom stereocenters. The van der Waals surface area contributed by atoms with E-state index < -0.39 is 0 Å². The molecule has 1 N–H and O–H groups in total. The maximum Gasteiger partial charge on any atom is 0.136 e. The molecule has 0 aliphatic heterocycles. The van der Waals surface area contributed by atoms with Gasteiger partial charge in [-0.3, -0.25) is 0 Å². The second kappa shape index (κ2) is 7.39. The molecular weight excluding hydrogens is 266 g/mol. The van der Waals surface area contributed by atoms with Crippen LogP contribution in [-0.2, 0) is 25.8 Å². The first-order valence-electron chi connectivity index (χ1n) is 7.44. The average Bonchev–Trinajstić information content (AvgIpc) is 2.92. The second-order valence-corrected chi connectivity index (χ2v) is 6.00. The minimum atomic E-state index is 0.769. The van der Waals surface area contributed by atoms with E-state index in [1.807, 2.05) is 0 Å². The quantitative estimate of drug-likeness (QED) is 0.829. The molecule has 0 spiro atoms. The molecule has 0 unspecified atom stereocenters. The molecule has 0 saturated carbocycles. The van der Waals surface area contributed by atoms with E-state index in [1.54, 1.807) is 11.3 Å². The molecule has 20 heavy (non-hydrogen) atoms. The minimum absolute atomic E-state index is 0.769. The number of rotatable bonds is 7. The van der Waals surface area contributed by atoms with Crippen molar-refractivity contribution in [2.45, 2.75) is 53.0 Å². The lowest BCUT2D eigenvalue weighted by Crippen LogP contribution is -2.05. The summed E-state index contributed by atoms with van der Waals surface area (Å²) in [5.41, 5.74) is 4.04. The van der Waals surface area contributed by atoms with Crippen molar-refractivity contribution < 1.29 is 0 Å². The van der Waals surface area contributed by atoms with Gasteiger partial charge in [0.25, 0.3) is 0 Å². The van der Waals surface area contributed by atoms with Crippen LogP contribution in [0.4, 0.5) is 5.69 Å². The lowest BCUT2D eigenvalue weighted by Gasteiger charge is -2.14. The lowest BCUT2D eigenvalue weighted by atomic mass is 10.0. The van der Waals surface area contributed by atoms with Crippen LogP contribution in [0, 0.1) is 0 Å². The molecule has 0 bridgehead atoms. The summed E-state index contributed by atoms with van der Waals surface area (Å²) in [6.45, 7) is 7.34. The van der Waals surface area contributed by atoms with Crippen molar-refractivity contribution in [3.63, 3.8) is 0 Å². The van der Waals surface area contributed by atoms with E-state index in [1.165, 1.54) is 16.8 Å². The maximum absolute atomic E-state index is 4.27. The van der Waals surface area contributed by atoms with E-state index in [2.05, 4.69) is 54.5 Å². The first kappa shape index (κ1) is 15.0. The molecule has 1 aromatic heterocycles. The number of nitrogens with one attached hydrogen (secondary N) is 1. The molecule has 108 valence electrons. The molecule has 0 fully saturated rings. The third-order valence-electron chi connectivity index (χ3n) is 3.39. The van der Waals surface area contributed by atoms with Gasteiger partial charge in [0.2, 0.25) is 0 Å². The highest BCUT2D eigenvalue weighted by Gasteiger charge is 2.08. The summed E-state index contributed by atoms with van der Waals surface area (Å²) >= 11 is 1.72. The number of aromatic nitrogens is 2. The van der Waals surface area contributed by atoms with Crippen LogP contribution in [-0.4, -0.2) is 10.2 Å². The van der Waals surface area contributed by atoms with Crippen LogP contribution in [0.15, 0.2) is 18.2 Å². The summed E-state index contributed by atoms with van der Waals surface area (Å²) in [7, 11) is 0. The normalized spacial score (nSPS) is 10.8. The number of para-hydroxylation sites is 1. The number of benzene rings is 1. The van der Waals surface area contributed by atoms with E-state index in [-0.39, 0.29) is 0 Å². The Bertz CT molecular complexity index is 526. The summed E-state index contributed by atoms with van der Waals surface area (Å²) in [6.07, 6.45) is 4.25. The van der Waals surface area contributed by atoms with Crippen LogP contribution >= 0.6 is 11.3 Å². The highest BCUT2D eigenvalue weighted by Crippen LogP contribution is 2.23. The molecule has 0 saturated heterocycles. The Morgan fingerprint density at radius 2 is 1.65 bits per heavy atom. The lowest BCUT2D eigenvalue weighted by molar-refractivity contribution is 0.867. The molecule has 2 aromatic rings. The Kier molecular flexibility index (Phi) is 5.53. The molecule has 4 heteroatoms. The van der Waals surface area contributed by atoms with E-state index in [9.17, 15) is 0 Å². The third-order valence-corrected chi connectivity index (χ3v) is 4.37. The highest BCUT2D eigenvalue weighted by molar-refractivity contribution is 7.11. The smallest absolute Gasteiger partial charge is 0.136 e. The van der Waals surface area contributed by atoms with E-state index in [0.29, 0.717) is 0 Å². The minimum Gasteiger partial charge on any atom is -0.378 e. The van der Waals surface area contributed by atoms with Gasteiger partial charge in [-0.25, -0.2) is 0 Å². The number of hydrogen-bond donors (Lipinski definition) is 1. The van der Waals surface area contributed by atoms with Gasteiger partial charge in [-0.2, -0.15) is 0 Å². The Labute approximate surface area is 125 Å². The topological polar surface area (TPSA) is 37.8 Å². The van der Waals surface area contributed by atoms with Gasteiger partial charge in [-0.1, -0.05) is 50.3 Å². The number of anilines is 1. The van der Waals surface area contributed by atoms with Gasteiger partial charge in [0.15, 0.2) is 0 Å². The predicted molar refractivity (Wildman–Crippen MR) is 86.4 cm³/mol. The molecule has 0 amide bonds. The van der Waals surface area contributed by atoms with Crippen LogP contribution in [0.5, 0.6) is 0 Å². The molecule has 0 radical (unpaired) electrons. The van der Waals surface area contributed by atoms with Gasteiger partial charge in [0, 0.05) is 12.1 Å². The van der Waals surface area contributed by atoms with Gasteiger partial charge in [-0.15, -0.1) is 10.2 Å². The van der Waals surface area contributed by atoms with Crippen molar-refractivity contribution in [3.05, 3.63) is 39.3 Å². The van der Waals surface area contributed by atoms with Gasteiger partial charge in [-0.05, 0) is 30.4 Å². The number of hydrogen-bond acceptors (Lipinski definition) is 4. The molecule has 1 aromatic carbocycles. The second-order valence-electron chi connectivity index (χ2n) is 4.85. The summed E-state index contributed by atoms with van der Waals surface area (Å²) < 4.78 is 0. The van der Waals surface area contributed by atoms with Crippen LogP contribution in [0.2, 0.25) is 0 Å². The van der Waals surface area contributed by atoms with Crippen LogP contribution in [0.1, 0.15) is 48.3 Å². The molecule has 2 rings (SSSR count). The molecular formula is C16H23N3S. The van der Waals surface area contributed by atoms with Crippen LogP contribution < -0.4 is 5.32 Å². The average molecular weight is 289 g/mol. The fraction of sp³-hybridized carbons (Fsp3) is 0.500. The van der Waals surface area contributed by atoms with Gasteiger partial charge >= 0.3 is 0 Å². The van der Waals surface area contributed by atoms with Crippen LogP contribution in [0.3, 0.4) is 0 Å². The summed E-state index contributed by atoms with van der Waals surface area (Å²) in [5, 5.41) is 14.3. The first-order valence-corrected chi connectivity index (χ1v) is 8.26. The Hall–Kier alpha value is -1.42. The maximum atomic E-state index is 4.27. The summed E-state index contributed by atoms with van der Waals surface area (Å²) in [5.74, 6) is 0. The zero-order valence-corrected chi connectivity index (χ0v) is 13.4. The van der Waals surface area contributed by atoms with Crippen molar-refractivity contribution in [3.8, 4) is 0 Å². The molecule has 0 aliphatic carbocycles. The largest absolute Gasteiger partial charge is 0.378 e. The van der Waals surface area contributed by atoms with Crippen molar-refractivity contribution in [1.29, 1.82) is 0 Å². The molecule has 3 nitrogen and oxygen atoms in total. The van der Waals surface area contributed by atoms with Gasteiger partial charge in [0.05, 0.1) is 6.54 Å². The Morgan fingerprint density at radius 3 is 2.25 bits per heavy atom. The fourth-order valence-corrected chi connectivity index (χ4v) is 3.19. The number of aryl methyl sites for hydroxylation is 3. The Morgan fingerprint density at radius 1 is 1.00 bits per heavy atom. The first-order chi connectivity index (χ1) is 9.78. The van der Waals surface area contributed by atoms with Crippen molar-refractivity contribution in [2.24, 2.45) is 0 Å².